The Morgan fingerprint density at radius 2 is 1.34 bits per heavy atom. The summed E-state index contributed by atoms with van der Waals surface area (Å²) >= 11 is 0. The molecule has 29 heavy (non-hydrogen) atoms. The Labute approximate surface area is 162 Å². The molecule has 0 saturated carbocycles. The Bertz CT molecular complexity index is 1140. The van der Waals surface area contributed by atoms with Crippen molar-refractivity contribution in [1.29, 1.82) is 0 Å². The van der Waals surface area contributed by atoms with Crippen LogP contribution in [0.4, 0.5) is 24.5 Å². The molecule has 3 amide bonds. The first-order chi connectivity index (χ1) is 13.9. The first-order valence-corrected chi connectivity index (χ1v) is 8.41. The van der Waals surface area contributed by atoms with Crippen LogP contribution in [0.1, 0.15) is 31.1 Å². The maximum absolute atomic E-state index is 13.7. The Kier molecular flexibility index (Phi) is 4.38. The molecular formula is C21H11F3N2O3. The summed E-state index contributed by atoms with van der Waals surface area (Å²) in [4.78, 5) is 38.1. The molecule has 1 N–H and O–H groups in total. The van der Waals surface area contributed by atoms with Gasteiger partial charge in [-0.05, 0) is 48.5 Å². The van der Waals surface area contributed by atoms with Crippen molar-refractivity contribution in [3.63, 3.8) is 0 Å². The number of benzene rings is 3. The van der Waals surface area contributed by atoms with E-state index in [9.17, 15) is 27.6 Å². The first-order valence-electron chi connectivity index (χ1n) is 8.41. The number of fused-ring (bicyclic) bond motifs is 1. The molecule has 5 nitrogen and oxygen atoms in total. The van der Waals surface area contributed by atoms with E-state index in [1.54, 1.807) is 24.3 Å². The molecule has 144 valence electrons. The van der Waals surface area contributed by atoms with E-state index in [1.165, 1.54) is 24.3 Å². The highest BCUT2D eigenvalue weighted by Gasteiger charge is 2.36. The number of nitrogens with zero attached hydrogens (tertiary/aromatic N) is 1. The molecule has 0 unspecified atom stereocenters. The zero-order valence-corrected chi connectivity index (χ0v) is 14.6. The molecule has 0 atom stereocenters. The minimum absolute atomic E-state index is 0.208. The maximum atomic E-state index is 13.7. The number of rotatable bonds is 3. The zero-order chi connectivity index (χ0) is 20.7. The number of halogens is 3. The lowest BCUT2D eigenvalue weighted by atomic mass is 10.1. The number of hydrogen-bond acceptors (Lipinski definition) is 3. The van der Waals surface area contributed by atoms with Crippen LogP contribution in [-0.2, 0) is 0 Å². The number of imide groups is 1. The summed E-state index contributed by atoms with van der Waals surface area (Å²) in [6.45, 7) is 0. The fourth-order valence-corrected chi connectivity index (χ4v) is 3.02. The van der Waals surface area contributed by atoms with Crippen molar-refractivity contribution in [2.45, 2.75) is 0 Å². The molecule has 0 spiro atoms. The summed E-state index contributed by atoms with van der Waals surface area (Å²) in [5.41, 5.74) is 0.424. The van der Waals surface area contributed by atoms with Gasteiger partial charge in [-0.15, -0.1) is 0 Å². The quantitative estimate of drug-likeness (QED) is 0.534. The molecule has 4 rings (SSSR count). The van der Waals surface area contributed by atoms with Gasteiger partial charge in [0, 0.05) is 5.69 Å². The van der Waals surface area contributed by atoms with Crippen molar-refractivity contribution in [3.05, 3.63) is 94.8 Å². The van der Waals surface area contributed by atoms with E-state index < -0.39 is 40.7 Å². The molecule has 8 heteroatoms. The number of amides is 3. The van der Waals surface area contributed by atoms with Gasteiger partial charge in [0.25, 0.3) is 17.7 Å². The van der Waals surface area contributed by atoms with E-state index in [-0.39, 0.29) is 11.4 Å². The summed E-state index contributed by atoms with van der Waals surface area (Å²) in [6, 6.07) is 13.6. The molecular weight excluding hydrogens is 385 g/mol. The van der Waals surface area contributed by atoms with Crippen LogP contribution in [0.25, 0.3) is 0 Å². The van der Waals surface area contributed by atoms with Gasteiger partial charge in [-0.3, -0.25) is 14.4 Å². The molecule has 0 aromatic heterocycles. The molecule has 0 aliphatic carbocycles. The monoisotopic (exact) mass is 396 g/mol. The number of nitrogens with one attached hydrogen (secondary N) is 1. The maximum Gasteiger partial charge on any atom is 0.266 e. The summed E-state index contributed by atoms with van der Waals surface area (Å²) < 4.78 is 40.0. The summed E-state index contributed by atoms with van der Waals surface area (Å²) in [6.07, 6.45) is 0. The van der Waals surface area contributed by atoms with Crippen molar-refractivity contribution in [2.24, 2.45) is 0 Å². The highest BCUT2D eigenvalue weighted by atomic mass is 19.2. The van der Waals surface area contributed by atoms with E-state index in [0.717, 1.165) is 11.0 Å². The van der Waals surface area contributed by atoms with E-state index in [1.807, 2.05) is 0 Å². The van der Waals surface area contributed by atoms with Gasteiger partial charge in [0.1, 0.15) is 0 Å². The Morgan fingerprint density at radius 1 is 0.759 bits per heavy atom. The average Bonchev–Trinajstić information content (AvgIpc) is 2.98. The van der Waals surface area contributed by atoms with Crippen molar-refractivity contribution in [3.8, 4) is 0 Å². The third-order valence-corrected chi connectivity index (χ3v) is 4.46. The van der Waals surface area contributed by atoms with Gasteiger partial charge in [0.05, 0.1) is 22.4 Å². The van der Waals surface area contributed by atoms with Crippen LogP contribution in [0, 0.1) is 17.5 Å². The van der Waals surface area contributed by atoms with Crippen LogP contribution < -0.4 is 10.2 Å². The van der Waals surface area contributed by atoms with Crippen molar-refractivity contribution in [1.82, 2.24) is 0 Å². The fraction of sp³-hybridized carbons (Fsp3) is 0. The van der Waals surface area contributed by atoms with Crippen LogP contribution in [0.3, 0.4) is 0 Å². The molecule has 0 radical (unpaired) electrons. The highest BCUT2D eigenvalue weighted by molar-refractivity contribution is 6.34. The van der Waals surface area contributed by atoms with Crippen molar-refractivity contribution >= 4 is 29.1 Å². The molecule has 0 bridgehead atoms. The van der Waals surface area contributed by atoms with E-state index in [4.69, 9.17) is 0 Å². The van der Waals surface area contributed by atoms with Gasteiger partial charge < -0.3 is 5.32 Å². The molecule has 1 aliphatic rings. The van der Waals surface area contributed by atoms with Crippen LogP contribution in [0.15, 0.2) is 60.7 Å². The van der Waals surface area contributed by atoms with E-state index in [2.05, 4.69) is 5.32 Å². The molecule has 1 heterocycles. The summed E-state index contributed by atoms with van der Waals surface area (Å²) in [5, 5.41) is 2.35. The lowest BCUT2D eigenvalue weighted by Gasteiger charge is -2.14. The third-order valence-electron chi connectivity index (χ3n) is 4.46. The Balaban J connectivity index is 1.55. The average molecular weight is 396 g/mol. The van der Waals surface area contributed by atoms with Crippen molar-refractivity contribution < 1.29 is 27.6 Å². The zero-order valence-electron chi connectivity index (χ0n) is 14.6. The SMILES string of the molecule is O=C(Nc1ccc(N2C(=O)c3ccccc3C2=O)cc1)c1ccc(F)c(F)c1F. The largest absolute Gasteiger partial charge is 0.322 e. The van der Waals surface area contributed by atoms with Gasteiger partial charge in [0.2, 0.25) is 0 Å². The van der Waals surface area contributed by atoms with Gasteiger partial charge in [-0.25, -0.2) is 18.1 Å². The van der Waals surface area contributed by atoms with Crippen LogP contribution in [0.2, 0.25) is 0 Å². The van der Waals surface area contributed by atoms with Crippen LogP contribution in [-0.4, -0.2) is 17.7 Å². The summed E-state index contributed by atoms with van der Waals surface area (Å²) in [5.74, 6) is -6.64. The fourth-order valence-electron chi connectivity index (χ4n) is 3.02. The van der Waals surface area contributed by atoms with Gasteiger partial charge in [-0.1, -0.05) is 12.1 Å². The Morgan fingerprint density at radius 3 is 1.93 bits per heavy atom. The van der Waals surface area contributed by atoms with Gasteiger partial charge >= 0.3 is 0 Å². The third kappa shape index (κ3) is 3.04. The van der Waals surface area contributed by atoms with Crippen LogP contribution >= 0.6 is 0 Å². The molecule has 1 aliphatic heterocycles. The topological polar surface area (TPSA) is 66.5 Å². The molecule has 3 aromatic rings. The number of anilines is 2. The second-order valence-electron chi connectivity index (χ2n) is 6.22. The standard InChI is InChI=1S/C21H11F3N2O3/c22-16-10-9-15(17(23)18(16)24)19(27)25-11-5-7-12(8-6-11)26-20(28)13-3-1-2-4-14(13)21(26)29/h1-10H,(H,25,27). The second-order valence-corrected chi connectivity index (χ2v) is 6.22. The van der Waals surface area contributed by atoms with Crippen LogP contribution in [0.5, 0.6) is 0 Å². The van der Waals surface area contributed by atoms with E-state index in [0.29, 0.717) is 17.2 Å². The predicted octanol–water partition coefficient (Wildman–Crippen LogP) is 4.16. The predicted molar refractivity (Wildman–Crippen MR) is 98.3 cm³/mol. The minimum atomic E-state index is -1.74. The lowest BCUT2D eigenvalue weighted by Crippen LogP contribution is -2.29. The minimum Gasteiger partial charge on any atom is -0.322 e. The number of hydrogen-bond donors (Lipinski definition) is 1. The van der Waals surface area contributed by atoms with E-state index >= 15 is 0 Å². The first kappa shape index (κ1) is 18.4. The number of carbonyl (C=O) groups excluding carboxylic acids is 3. The molecule has 0 saturated heterocycles. The van der Waals surface area contributed by atoms with Crippen molar-refractivity contribution in [2.75, 3.05) is 10.2 Å². The normalized spacial score (nSPS) is 12.9. The number of carbonyl (C=O) groups is 3. The van der Waals surface area contributed by atoms with Gasteiger partial charge in [0.15, 0.2) is 17.5 Å². The highest BCUT2D eigenvalue weighted by Crippen LogP contribution is 2.29. The summed E-state index contributed by atoms with van der Waals surface area (Å²) in [7, 11) is 0. The molecule has 0 fully saturated rings. The molecule has 3 aromatic carbocycles. The smallest absolute Gasteiger partial charge is 0.266 e. The lowest BCUT2D eigenvalue weighted by molar-refractivity contribution is 0.0924. The Hall–Kier alpha value is -3.94. The second kappa shape index (κ2) is 6.90. The van der Waals surface area contributed by atoms with Gasteiger partial charge in [-0.2, -0.15) is 0 Å².